The van der Waals surface area contributed by atoms with Crippen LogP contribution in [-0.4, -0.2) is 29.1 Å². The molecule has 2 aromatic carbocycles. The van der Waals surface area contributed by atoms with Crippen LogP contribution in [0.2, 0.25) is 0 Å². The van der Waals surface area contributed by atoms with Gasteiger partial charge in [-0.3, -0.25) is 9.69 Å². The molecule has 1 fully saturated rings. The molecule has 3 heteroatoms. The zero-order valence-electron chi connectivity index (χ0n) is 18.1. The molecule has 0 aromatic heterocycles. The molecule has 30 heavy (non-hydrogen) atoms. The lowest BCUT2D eigenvalue weighted by Gasteiger charge is -2.24. The number of likely N-dealkylation sites (tertiary alicyclic amines) is 1. The number of benzene rings is 2. The van der Waals surface area contributed by atoms with Crippen molar-refractivity contribution < 1.29 is 9.90 Å². The van der Waals surface area contributed by atoms with E-state index >= 15 is 0 Å². The summed E-state index contributed by atoms with van der Waals surface area (Å²) in [4.78, 5) is 14.0. The second kappa shape index (κ2) is 10.3. The van der Waals surface area contributed by atoms with E-state index in [0.29, 0.717) is 5.92 Å². The van der Waals surface area contributed by atoms with Crippen molar-refractivity contribution in [3.8, 4) is 0 Å². The zero-order valence-corrected chi connectivity index (χ0v) is 18.1. The first-order valence-electron chi connectivity index (χ1n) is 11.8. The zero-order chi connectivity index (χ0) is 20.8. The quantitative estimate of drug-likeness (QED) is 0.535. The van der Waals surface area contributed by atoms with Crippen LogP contribution in [0.3, 0.4) is 0 Å². The Balaban J connectivity index is 1.19. The average Bonchev–Trinajstić information content (AvgIpc) is 3.22. The van der Waals surface area contributed by atoms with Crippen molar-refractivity contribution in [2.75, 3.05) is 13.1 Å². The third-order valence-corrected chi connectivity index (χ3v) is 7.02. The summed E-state index contributed by atoms with van der Waals surface area (Å²) in [6.07, 6.45) is 12.6. The Morgan fingerprint density at radius 3 is 2.60 bits per heavy atom. The average molecular weight is 406 g/mol. The van der Waals surface area contributed by atoms with Crippen molar-refractivity contribution in [3.05, 3.63) is 70.8 Å². The predicted octanol–water partition coefficient (Wildman–Crippen LogP) is 5.82. The Bertz CT molecular complexity index is 832. The van der Waals surface area contributed by atoms with Gasteiger partial charge < -0.3 is 5.11 Å². The number of hydrogen-bond acceptors (Lipinski definition) is 2. The Labute approximate surface area is 181 Å². The molecule has 1 heterocycles. The predicted molar refractivity (Wildman–Crippen MR) is 122 cm³/mol. The Morgan fingerprint density at radius 2 is 1.80 bits per heavy atom. The van der Waals surface area contributed by atoms with E-state index in [1.807, 2.05) is 30.3 Å². The highest BCUT2D eigenvalue weighted by molar-refractivity contribution is 5.75. The molecule has 0 amide bonds. The third-order valence-electron chi connectivity index (χ3n) is 7.02. The van der Waals surface area contributed by atoms with E-state index < -0.39 is 12.0 Å². The van der Waals surface area contributed by atoms with Gasteiger partial charge in [0.1, 0.15) is 6.04 Å². The normalized spacial score (nSPS) is 20.1. The number of carboxylic acid groups (broad SMARTS) is 1. The summed E-state index contributed by atoms with van der Waals surface area (Å²) < 4.78 is 0. The summed E-state index contributed by atoms with van der Waals surface area (Å²) in [5.74, 6) is -0.0915. The number of aliphatic carboxylic acids is 1. The summed E-state index contributed by atoms with van der Waals surface area (Å²) in [7, 11) is 0. The van der Waals surface area contributed by atoms with Crippen molar-refractivity contribution in [1.82, 2.24) is 4.90 Å². The minimum Gasteiger partial charge on any atom is -0.480 e. The Morgan fingerprint density at radius 1 is 1.00 bits per heavy atom. The third kappa shape index (κ3) is 5.31. The van der Waals surface area contributed by atoms with Crippen LogP contribution in [0.4, 0.5) is 0 Å². The fourth-order valence-electron chi connectivity index (χ4n) is 5.36. The van der Waals surface area contributed by atoms with E-state index in [-0.39, 0.29) is 0 Å². The lowest BCUT2D eigenvalue weighted by atomic mass is 9.89. The molecule has 0 saturated carbocycles. The van der Waals surface area contributed by atoms with Crippen molar-refractivity contribution in [2.24, 2.45) is 5.92 Å². The fraction of sp³-hybridized carbons (Fsp3) is 0.519. The van der Waals surface area contributed by atoms with Crippen LogP contribution < -0.4 is 0 Å². The standard InChI is InChI=1S/C27H35NO2/c29-27(30)26(24-12-5-2-6-13-24)28-18-17-22(20-28)10-4-1-3-9-21-15-16-23-11-7-8-14-25(23)19-21/h2,5-6,12-13,15-16,19,22,26H,1,3-4,7-11,14,17-18,20H2,(H,29,30)/t22-,26+/m1/s1. The van der Waals surface area contributed by atoms with Crippen LogP contribution in [0.5, 0.6) is 0 Å². The summed E-state index contributed by atoms with van der Waals surface area (Å²) in [6.45, 7) is 1.81. The summed E-state index contributed by atoms with van der Waals surface area (Å²) in [5, 5.41) is 9.76. The largest absolute Gasteiger partial charge is 0.480 e. The van der Waals surface area contributed by atoms with Gasteiger partial charge in [-0.15, -0.1) is 0 Å². The molecule has 1 saturated heterocycles. The number of hydrogen-bond donors (Lipinski definition) is 1. The molecule has 1 aliphatic carbocycles. The molecule has 160 valence electrons. The topological polar surface area (TPSA) is 40.5 Å². The molecular formula is C27H35NO2. The summed E-state index contributed by atoms with van der Waals surface area (Å²) in [5.41, 5.74) is 5.58. The highest BCUT2D eigenvalue weighted by atomic mass is 16.4. The van der Waals surface area contributed by atoms with Gasteiger partial charge in [0.15, 0.2) is 0 Å². The SMILES string of the molecule is O=C(O)[C@H](c1ccccc1)N1CC[C@@H](CCCCCc2ccc3c(c2)CCCC3)C1. The summed E-state index contributed by atoms with van der Waals surface area (Å²) in [6, 6.07) is 16.3. The van der Waals surface area contributed by atoms with Gasteiger partial charge in [0, 0.05) is 6.54 Å². The van der Waals surface area contributed by atoms with Crippen LogP contribution in [0.15, 0.2) is 48.5 Å². The molecule has 0 radical (unpaired) electrons. The number of rotatable bonds is 9. The first-order chi connectivity index (χ1) is 14.7. The number of carboxylic acids is 1. The Kier molecular flexibility index (Phi) is 7.22. The molecule has 1 N–H and O–H groups in total. The molecule has 4 rings (SSSR count). The minimum absolute atomic E-state index is 0.500. The number of unbranched alkanes of at least 4 members (excludes halogenated alkanes) is 2. The van der Waals surface area contributed by atoms with E-state index in [0.717, 1.165) is 25.1 Å². The maximum Gasteiger partial charge on any atom is 0.325 e. The lowest BCUT2D eigenvalue weighted by Crippen LogP contribution is -2.32. The van der Waals surface area contributed by atoms with Crippen LogP contribution in [0.25, 0.3) is 0 Å². The number of fused-ring (bicyclic) bond motifs is 1. The van der Waals surface area contributed by atoms with E-state index in [1.165, 1.54) is 63.4 Å². The van der Waals surface area contributed by atoms with E-state index in [2.05, 4.69) is 23.1 Å². The summed E-state index contributed by atoms with van der Waals surface area (Å²) >= 11 is 0. The van der Waals surface area contributed by atoms with Gasteiger partial charge in [-0.05, 0) is 86.1 Å². The van der Waals surface area contributed by atoms with Crippen LogP contribution in [-0.2, 0) is 24.1 Å². The van der Waals surface area contributed by atoms with Crippen molar-refractivity contribution in [2.45, 2.75) is 70.3 Å². The highest BCUT2D eigenvalue weighted by Gasteiger charge is 2.33. The first kappa shape index (κ1) is 21.1. The van der Waals surface area contributed by atoms with Gasteiger partial charge in [0.25, 0.3) is 0 Å². The molecule has 1 aliphatic heterocycles. The van der Waals surface area contributed by atoms with Gasteiger partial charge in [-0.2, -0.15) is 0 Å². The van der Waals surface area contributed by atoms with E-state index in [1.54, 1.807) is 11.1 Å². The second-order valence-electron chi connectivity index (χ2n) is 9.21. The number of aryl methyl sites for hydroxylation is 3. The molecule has 0 unspecified atom stereocenters. The smallest absolute Gasteiger partial charge is 0.325 e. The fourth-order valence-corrected chi connectivity index (χ4v) is 5.36. The molecule has 2 aliphatic rings. The van der Waals surface area contributed by atoms with E-state index in [4.69, 9.17) is 0 Å². The number of nitrogens with zero attached hydrogens (tertiary/aromatic N) is 1. The van der Waals surface area contributed by atoms with Gasteiger partial charge >= 0.3 is 5.97 Å². The minimum atomic E-state index is -0.730. The second-order valence-corrected chi connectivity index (χ2v) is 9.21. The first-order valence-corrected chi connectivity index (χ1v) is 11.8. The van der Waals surface area contributed by atoms with Crippen LogP contribution in [0.1, 0.15) is 73.2 Å². The van der Waals surface area contributed by atoms with Crippen LogP contribution in [0, 0.1) is 5.92 Å². The lowest BCUT2D eigenvalue weighted by molar-refractivity contribution is -0.143. The van der Waals surface area contributed by atoms with Gasteiger partial charge in [0.2, 0.25) is 0 Å². The van der Waals surface area contributed by atoms with Crippen molar-refractivity contribution in [3.63, 3.8) is 0 Å². The van der Waals surface area contributed by atoms with Crippen molar-refractivity contribution >= 4 is 5.97 Å². The molecule has 0 bridgehead atoms. The number of carbonyl (C=O) groups is 1. The van der Waals surface area contributed by atoms with Crippen LogP contribution >= 0.6 is 0 Å². The molecular weight excluding hydrogens is 370 g/mol. The molecule has 2 atom stereocenters. The highest BCUT2D eigenvalue weighted by Crippen LogP contribution is 2.30. The molecule has 3 nitrogen and oxygen atoms in total. The van der Waals surface area contributed by atoms with Gasteiger partial charge in [-0.1, -0.05) is 61.4 Å². The van der Waals surface area contributed by atoms with Gasteiger partial charge in [0.05, 0.1) is 0 Å². The van der Waals surface area contributed by atoms with E-state index in [9.17, 15) is 9.90 Å². The Hall–Kier alpha value is -2.13. The maximum absolute atomic E-state index is 11.9. The molecule has 2 aromatic rings. The monoisotopic (exact) mass is 405 g/mol. The maximum atomic E-state index is 11.9. The van der Waals surface area contributed by atoms with Crippen molar-refractivity contribution in [1.29, 1.82) is 0 Å². The molecule has 0 spiro atoms. The van der Waals surface area contributed by atoms with Gasteiger partial charge in [-0.25, -0.2) is 0 Å².